The Morgan fingerprint density at radius 2 is 2.00 bits per heavy atom. The van der Waals surface area contributed by atoms with Crippen LogP contribution in [0.2, 0.25) is 0 Å². The Labute approximate surface area is 99.5 Å². The van der Waals surface area contributed by atoms with Crippen molar-refractivity contribution in [2.24, 2.45) is 0 Å². The summed E-state index contributed by atoms with van der Waals surface area (Å²) in [5.74, 6) is 0.975. The van der Waals surface area contributed by atoms with Gasteiger partial charge in [0.1, 0.15) is 5.82 Å². The van der Waals surface area contributed by atoms with Gasteiger partial charge in [0, 0.05) is 11.7 Å². The van der Waals surface area contributed by atoms with E-state index in [9.17, 15) is 0 Å². The molecule has 1 aromatic heterocycles. The molecule has 0 unspecified atom stereocenters. The second-order valence-corrected chi connectivity index (χ2v) is 5.03. The molecule has 0 radical (unpaired) electrons. The number of rotatable bonds is 7. The highest BCUT2D eigenvalue weighted by molar-refractivity contribution is 5.36. The lowest BCUT2D eigenvalue weighted by Gasteiger charge is -2.27. The summed E-state index contributed by atoms with van der Waals surface area (Å²) < 4.78 is 0. The summed E-state index contributed by atoms with van der Waals surface area (Å²) in [4.78, 5) is 4.30. The summed E-state index contributed by atoms with van der Waals surface area (Å²) in [6.45, 7) is 6.73. The number of hydrogen-bond donors (Lipinski definition) is 1. The second kappa shape index (κ2) is 6.51. The zero-order chi connectivity index (χ0) is 11.9. The topological polar surface area (TPSA) is 24.9 Å². The van der Waals surface area contributed by atoms with Gasteiger partial charge in [-0.25, -0.2) is 4.98 Å². The number of unbranched alkanes of at least 4 members (excludes halogenated alkanes) is 3. The molecule has 0 aromatic carbocycles. The molecule has 0 saturated carbocycles. The van der Waals surface area contributed by atoms with Gasteiger partial charge >= 0.3 is 0 Å². The average Bonchev–Trinajstić information content (AvgIpc) is 2.25. The molecule has 1 rings (SSSR count). The largest absolute Gasteiger partial charge is 0.365 e. The Kier molecular flexibility index (Phi) is 5.30. The van der Waals surface area contributed by atoms with E-state index in [2.05, 4.69) is 31.1 Å². The lowest BCUT2D eigenvalue weighted by atomic mass is 9.96. The molecule has 0 aliphatic rings. The smallest absolute Gasteiger partial charge is 0.126 e. The van der Waals surface area contributed by atoms with Gasteiger partial charge < -0.3 is 5.32 Å². The fraction of sp³-hybridized carbons (Fsp3) is 0.643. The van der Waals surface area contributed by atoms with Crippen molar-refractivity contribution in [1.82, 2.24) is 4.98 Å². The quantitative estimate of drug-likeness (QED) is 0.695. The predicted octanol–water partition coefficient (Wildman–Crippen LogP) is 4.24. The minimum absolute atomic E-state index is 0.141. The molecule has 0 saturated heterocycles. The van der Waals surface area contributed by atoms with Crippen molar-refractivity contribution in [1.29, 1.82) is 0 Å². The Morgan fingerprint density at radius 1 is 1.19 bits per heavy atom. The van der Waals surface area contributed by atoms with Crippen LogP contribution in [0.5, 0.6) is 0 Å². The SMILES string of the molecule is CCCCCCC(C)(C)Nc1ccccn1. The zero-order valence-corrected chi connectivity index (χ0v) is 10.8. The maximum Gasteiger partial charge on any atom is 0.126 e. The van der Waals surface area contributed by atoms with Crippen LogP contribution in [0.4, 0.5) is 5.82 Å². The second-order valence-electron chi connectivity index (χ2n) is 5.03. The van der Waals surface area contributed by atoms with Gasteiger partial charge in [-0.15, -0.1) is 0 Å². The first-order chi connectivity index (χ1) is 7.64. The third-order valence-electron chi connectivity index (χ3n) is 2.79. The van der Waals surface area contributed by atoms with Crippen LogP contribution in [0, 0.1) is 0 Å². The standard InChI is InChI=1S/C14H24N2/c1-4-5-6-8-11-14(2,3)16-13-10-7-9-12-15-13/h7,9-10,12H,4-6,8,11H2,1-3H3,(H,15,16). The van der Waals surface area contributed by atoms with Gasteiger partial charge in [-0.05, 0) is 32.4 Å². The summed E-state index contributed by atoms with van der Waals surface area (Å²) in [6.07, 6.45) is 8.30. The molecule has 1 N–H and O–H groups in total. The molecule has 0 atom stereocenters. The summed E-state index contributed by atoms with van der Waals surface area (Å²) in [6, 6.07) is 5.98. The normalized spacial score (nSPS) is 11.4. The van der Waals surface area contributed by atoms with Crippen molar-refractivity contribution in [2.45, 2.75) is 58.4 Å². The molecule has 0 amide bonds. The van der Waals surface area contributed by atoms with Gasteiger partial charge in [0.2, 0.25) is 0 Å². The van der Waals surface area contributed by atoms with E-state index < -0.39 is 0 Å². The van der Waals surface area contributed by atoms with E-state index in [0.29, 0.717) is 0 Å². The molecule has 1 aromatic rings. The van der Waals surface area contributed by atoms with Gasteiger partial charge in [0.25, 0.3) is 0 Å². The third kappa shape index (κ3) is 5.15. The average molecular weight is 220 g/mol. The van der Waals surface area contributed by atoms with E-state index in [0.717, 1.165) is 5.82 Å². The van der Waals surface area contributed by atoms with Gasteiger partial charge in [0.15, 0.2) is 0 Å². The molecule has 0 fully saturated rings. The van der Waals surface area contributed by atoms with Crippen molar-refractivity contribution in [3.8, 4) is 0 Å². The molecule has 0 aliphatic heterocycles. The minimum atomic E-state index is 0.141. The minimum Gasteiger partial charge on any atom is -0.365 e. The first-order valence-corrected chi connectivity index (χ1v) is 6.33. The molecule has 2 heteroatoms. The van der Waals surface area contributed by atoms with Crippen molar-refractivity contribution >= 4 is 5.82 Å². The van der Waals surface area contributed by atoms with E-state index in [-0.39, 0.29) is 5.54 Å². The maximum atomic E-state index is 4.30. The first-order valence-electron chi connectivity index (χ1n) is 6.33. The van der Waals surface area contributed by atoms with Crippen molar-refractivity contribution < 1.29 is 0 Å². The van der Waals surface area contributed by atoms with Crippen LogP contribution in [-0.2, 0) is 0 Å². The molecule has 1 heterocycles. The number of pyridine rings is 1. The van der Waals surface area contributed by atoms with E-state index in [4.69, 9.17) is 0 Å². The Balaban J connectivity index is 2.33. The lowest BCUT2D eigenvalue weighted by Crippen LogP contribution is -2.31. The van der Waals surface area contributed by atoms with Crippen LogP contribution in [0.15, 0.2) is 24.4 Å². The number of nitrogens with one attached hydrogen (secondary N) is 1. The monoisotopic (exact) mass is 220 g/mol. The van der Waals surface area contributed by atoms with Gasteiger partial charge in [0.05, 0.1) is 0 Å². The molecule has 2 nitrogen and oxygen atoms in total. The summed E-state index contributed by atoms with van der Waals surface area (Å²) >= 11 is 0. The Morgan fingerprint density at radius 3 is 2.62 bits per heavy atom. The number of anilines is 1. The zero-order valence-electron chi connectivity index (χ0n) is 10.8. The fourth-order valence-corrected chi connectivity index (χ4v) is 1.84. The predicted molar refractivity (Wildman–Crippen MR) is 70.7 cm³/mol. The van der Waals surface area contributed by atoms with Gasteiger partial charge in [-0.2, -0.15) is 0 Å². The maximum absolute atomic E-state index is 4.30. The van der Waals surface area contributed by atoms with Crippen LogP contribution < -0.4 is 5.32 Å². The molecular formula is C14H24N2. The van der Waals surface area contributed by atoms with Crippen LogP contribution in [0.25, 0.3) is 0 Å². The van der Waals surface area contributed by atoms with E-state index in [1.54, 1.807) is 0 Å². The van der Waals surface area contributed by atoms with E-state index >= 15 is 0 Å². The van der Waals surface area contributed by atoms with Gasteiger partial charge in [-0.3, -0.25) is 0 Å². The first kappa shape index (κ1) is 13.0. The summed E-state index contributed by atoms with van der Waals surface area (Å²) in [5, 5.41) is 3.48. The molecule has 0 aliphatic carbocycles. The van der Waals surface area contributed by atoms with Crippen LogP contribution >= 0.6 is 0 Å². The molecule has 90 valence electrons. The van der Waals surface area contributed by atoms with Crippen molar-refractivity contribution in [3.05, 3.63) is 24.4 Å². The van der Waals surface area contributed by atoms with E-state index in [1.165, 1.54) is 32.1 Å². The number of hydrogen-bond acceptors (Lipinski definition) is 2. The molecule has 0 bridgehead atoms. The van der Waals surface area contributed by atoms with Crippen LogP contribution in [0.1, 0.15) is 52.9 Å². The summed E-state index contributed by atoms with van der Waals surface area (Å²) in [5.41, 5.74) is 0.141. The Bertz CT molecular complexity index is 280. The molecule has 0 spiro atoms. The summed E-state index contributed by atoms with van der Waals surface area (Å²) in [7, 11) is 0. The number of nitrogens with zero attached hydrogens (tertiary/aromatic N) is 1. The van der Waals surface area contributed by atoms with E-state index in [1.807, 2.05) is 24.4 Å². The lowest BCUT2D eigenvalue weighted by molar-refractivity contribution is 0.476. The third-order valence-corrected chi connectivity index (χ3v) is 2.79. The Hall–Kier alpha value is -1.05. The van der Waals surface area contributed by atoms with Gasteiger partial charge in [-0.1, -0.05) is 38.7 Å². The molecule has 16 heavy (non-hydrogen) atoms. The number of aromatic nitrogens is 1. The van der Waals surface area contributed by atoms with Crippen molar-refractivity contribution in [3.63, 3.8) is 0 Å². The fourth-order valence-electron chi connectivity index (χ4n) is 1.84. The highest BCUT2D eigenvalue weighted by atomic mass is 15.0. The highest BCUT2D eigenvalue weighted by Gasteiger charge is 2.16. The van der Waals surface area contributed by atoms with Crippen LogP contribution in [-0.4, -0.2) is 10.5 Å². The van der Waals surface area contributed by atoms with Crippen molar-refractivity contribution in [2.75, 3.05) is 5.32 Å². The molecular weight excluding hydrogens is 196 g/mol. The van der Waals surface area contributed by atoms with Crippen LogP contribution in [0.3, 0.4) is 0 Å². The highest BCUT2D eigenvalue weighted by Crippen LogP contribution is 2.19.